The third-order valence-electron chi connectivity index (χ3n) is 4.14. The van der Waals surface area contributed by atoms with Gasteiger partial charge in [-0.15, -0.1) is 0 Å². The van der Waals surface area contributed by atoms with Gasteiger partial charge in [-0.3, -0.25) is 14.4 Å². The van der Waals surface area contributed by atoms with Crippen molar-refractivity contribution in [2.24, 2.45) is 5.92 Å². The molecule has 1 aromatic carbocycles. The van der Waals surface area contributed by atoms with Gasteiger partial charge in [0.05, 0.1) is 12.1 Å². The van der Waals surface area contributed by atoms with E-state index in [0.717, 1.165) is 0 Å². The number of ether oxygens (including phenoxy) is 1. The van der Waals surface area contributed by atoms with Gasteiger partial charge in [-0.2, -0.15) is 0 Å². The summed E-state index contributed by atoms with van der Waals surface area (Å²) >= 11 is 0. The minimum absolute atomic E-state index is 0.00103. The van der Waals surface area contributed by atoms with Crippen molar-refractivity contribution >= 4 is 23.3 Å². The summed E-state index contributed by atoms with van der Waals surface area (Å²) in [5, 5.41) is 6.54. The van der Waals surface area contributed by atoms with Crippen LogP contribution < -0.4 is 5.32 Å². The van der Waals surface area contributed by atoms with Gasteiger partial charge in [-0.25, -0.2) is 0 Å². The summed E-state index contributed by atoms with van der Waals surface area (Å²) in [5.41, 5.74) is 2.30. The van der Waals surface area contributed by atoms with Crippen molar-refractivity contribution in [1.29, 1.82) is 0 Å². The summed E-state index contributed by atoms with van der Waals surface area (Å²) in [7, 11) is 0. The van der Waals surface area contributed by atoms with Gasteiger partial charge in [0.1, 0.15) is 5.76 Å². The molecule has 144 valence electrons. The van der Waals surface area contributed by atoms with Crippen LogP contribution in [0.2, 0.25) is 0 Å². The molecule has 0 aliphatic rings. The summed E-state index contributed by atoms with van der Waals surface area (Å²) in [5.74, 6) is -0.517. The number of ketones is 1. The number of benzene rings is 1. The first-order chi connectivity index (χ1) is 12.7. The van der Waals surface area contributed by atoms with Crippen LogP contribution >= 0.6 is 0 Å². The average molecular weight is 372 g/mol. The molecule has 0 unspecified atom stereocenters. The Morgan fingerprint density at radius 2 is 1.74 bits per heavy atom. The van der Waals surface area contributed by atoms with Crippen LogP contribution in [0.25, 0.3) is 0 Å². The standard InChI is InChI=1S/C20H24N2O5/c1-11(2)20(25)21-16-8-6-15(7-9-16)19(24)14(5)26-18(23)10-17-12(3)22-27-13(17)4/h6-9,11,14H,10H2,1-5H3,(H,21,25)/t14-/m1/s1. The van der Waals surface area contributed by atoms with Gasteiger partial charge in [0.25, 0.3) is 0 Å². The topological polar surface area (TPSA) is 98.5 Å². The summed E-state index contributed by atoms with van der Waals surface area (Å²) in [4.78, 5) is 36.3. The maximum atomic E-state index is 12.5. The second-order valence-electron chi connectivity index (χ2n) is 6.70. The Balaban J connectivity index is 1.96. The number of amides is 1. The number of esters is 1. The zero-order chi connectivity index (χ0) is 20.1. The number of hydrogen-bond acceptors (Lipinski definition) is 6. The molecule has 27 heavy (non-hydrogen) atoms. The number of anilines is 1. The lowest BCUT2D eigenvalue weighted by molar-refractivity contribution is -0.145. The van der Waals surface area contributed by atoms with Gasteiger partial charge in [-0.1, -0.05) is 19.0 Å². The lowest BCUT2D eigenvalue weighted by Crippen LogP contribution is -2.25. The van der Waals surface area contributed by atoms with E-state index in [9.17, 15) is 14.4 Å². The van der Waals surface area contributed by atoms with E-state index in [4.69, 9.17) is 9.26 Å². The molecule has 0 saturated carbocycles. The second-order valence-corrected chi connectivity index (χ2v) is 6.70. The Hall–Kier alpha value is -2.96. The quantitative estimate of drug-likeness (QED) is 0.592. The fourth-order valence-electron chi connectivity index (χ4n) is 2.43. The first-order valence-electron chi connectivity index (χ1n) is 8.75. The predicted molar refractivity (Wildman–Crippen MR) is 99.5 cm³/mol. The monoisotopic (exact) mass is 372 g/mol. The van der Waals surface area contributed by atoms with Crippen molar-refractivity contribution in [3.63, 3.8) is 0 Å². The molecule has 1 atom stereocenters. The van der Waals surface area contributed by atoms with Gasteiger partial charge in [-0.05, 0) is 45.0 Å². The molecule has 2 rings (SSSR count). The van der Waals surface area contributed by atoms with Crippen molar-refractivity contribution in [2.75, 3.05) is 5.32 Å². The number of carbonyl (C=O) groups excluding carboxylic acids is 3. The van der Waals surface area contributed by atoms with E-state index < -0.39 is 12.1 Å². The minimum atomic E-state index is -0.922. The largest absolute Gasteiger partial charge is 0.454 e. The fraction of sp³-hybridized carbons (Fsp3) is 0.400. The van der Waals surface area contributed by atoms with Crippen LogP contribution in [0.5, 0.6) is 0 Å². The van der Waals surface area contributed by atoms with Crippen LogP contribution in [-0.4, -0.2) is 28.9 Å². The third kappa shape index (κ3) is 5.26. The number of hydrogen-bond donors (Lipinski definition) is 1. The van der Waals surface area contributed by atoms with Crippen LogP contribution in [-0.2, 0) is 20.7 Å². The van der Waals surface area contributed by atoms with Gasteiger partial charge < -0.3 is 14.6 Å². The SMILES string of the molecule is Cc1noc(C)c1CC(=O)O[C@H](C)C(=O)c1ccc(NC(=O)C(C)C)cc1. The molecule has 0 fully saturated rings. The minimum Gasteiger partial charge on any atom is -0.454 e. The second kappa shape index (κ2) is 8.62. The highest BCUT2D eigenvalue weighted by Gasteiger charge is 2.22. The van der Waals surface area contributed by atoms with E-state index >= 15 is 0 Å². The number of Topliss-reactive ketones (excluding diaryl/α,β-unsaturated/α-hetero) is 1. The first kappa shape index (κ1) is 20.4. The smallest absolute Gasteiger partial charge is 0.311 e. The maximum absolute atomic E-state index is 12.5. The number of carbonyl (C=O) groups is 3. The predicted octanol–water partition coefficient (Wildman–Crippen LogP) is 3.24. The molecule has 7 heteroatoms. The fourth-order valence-corrected chi connectivity index (χ4v) is 2.43. The molecule has 0 radical (unpaired) electrons. The van der Waals surface area contributed by atoms with Crippen molar-refractivity contribution < 1.29 is 23.6 Å². The molecule has 0 aliphatic carbocycles. The number of nitrogens with one attached hydrogen (secondary N) is 1. The lowest BCUT2D eigenvalue weighted by atomic mass is 10.1. The maximum Gasteiger partial charge on any atom is 0.311 e. The first-order valence-corrected chi connectivity index (χ1v) is 8.75. The van der Waals surface area contributed by atoms with Crippen molar-refractivity contribution in [2.45, 2.75) is 47.1 Å². The van der Waals surface area contributed by atoms with Gasteiger partial charge in [0.2, 0.25) is 11.7 Å². The Bertz CT molecular complexity index is 817. The highest BCUT2D eigenvalue weighted by molar-refractivity contribution is 6.01. The van der Waals surface area contributed by atoms with Crippen LogP contribution in [0.1, 0.15) is 48.1 Å². The molecule has 1 amide bonds. The van der Waals surface area contributed by atoms with Crippen molar-refractivity contribution in [3.8, 4) is 0 Å². The summed E-state index contributed by atoms with van der Waals surface area (Å²) < 4.78 is 10.3. The normalized spacial score (nSPS) is 11.9. The summed E-state index contributed by atoms with van der Waals surface area (Å²) in [6.07, 6.45) is -0.923. The van der Waals surface area contributed by atoms with Gasteiger partial charge >= 0.3 is 5.97 Å². The van der Waals surface area contributed by atoms with Crippen LogP contribution in [0, 0.1) is 19.8 Å². The van der Waals surface area contributed by atoms with Crippen LogP contribution in [0.15, 0.2) is 28.8 Å². The van der Waals surface area contributed by atoms with E-state index in [-0.39, 0.29) is 24.0 Å². The van der Waals surface area contributed by atoms with E-state index in [2.05, 4.69) is 10.5 Å². The molecule has 7 nitrogen and oxygen atoms in total. The van der Waals surface area contributed by atoms with E-state index in [1.807, 2.05) is 0 Å². The highest BCUT2D eigenvalue weighted by atomic mass is 16.5. The zero-order valence-corrected chi connectivity index (χ0v) is 16.2. The average Bonchev–Trinajstić information content (AvgIpc) is 2.93. The Morgan fingerprint density at radius 1 is 1.11 bits per heavy atom. The summed E-state index contributed by atoms with van der Waals surface area (Å²) in [6.45, 7) is 8.59. The van der Waals surface area contributed by atoms with Gasteiger partial charge in [0, 0.05) is 22.7 Å². The van der Waals surface area contributed by atoms with Crippen molar-refractivity contribution in [3.05, 3.63) is 46.8 Å². The van der Waals surface area contributed by atoms with Crippen LogP contribution in [0.4, 0.5) is 5.69 Å². The Morgan fingerprint density at radius 3 is 2.26 bits per heavy atom. The molecule has 2 aromatic rings. The van der Waals surface area contributed by atoms with E-state index in [0.29, 0.717) is 28.3 Å². The van der Waals surface area contributed by atoms with Crippen molar-refractivity contribution in [1.82, 2.24) is 5.16 Å². The number of aromatic nitrogens is 1. The van der Waals surface area contributed by atoms with Crippen LogP contribution in [0.3, 0.4) is 0 Å². The Labute approximate surface area is 158 Å². The molecule has 0 saturated heterocycles. The molecule has 1 aromatic heterocycles. The molecular weight excluding hydrogens is 348 g/mol. The molecule has 0 bridgehead atoms. The molecule has 1 N–H and O–H groups in total. The number of nitrogens with zero attached hydrogens (tertiary/aromatic N) is 1. The molecule has 0 aliphatic heterocycles. The van der Waals surface area contributed by atoms with E-state index in [1.54, 1.807) is 52.0 Å². The number of rotatable bonds is 7. The molecular formula is C20H24N2O5. The molecule has 0 spiro atoms. The van der Waals surface area contributed by atoms with E-state index in [1.165, 1.54) is 6.92 Å². The Kier molecular flexibility index (Phi) is 6.50. The lowest BCUT2D eigenvalue weighted by Gasteiger charge is -2.13. The third-order valence-corrected chi connectivity index (χ3v) is 4.14. The highest BCUT2D eigenvalue weighted by Crippen LogP contribution is 2.16. The van der Waals surface area contributed by atoms with Gasteiger partial charge in [0.15, 0.2) is 6.10 Å². The number of aryl methyl sites for hydroxylation is 2. The molecule has 1 heterocycles. The zero-order valence-electron chi connectivity index (χ0n) is 16.2. The summed E-state index contributed by atoms with van der Waals surface area (Å²) in [6, 6.07) is 6.48.